The highest BCUT2D eigenvalue weighted by Crippen LogP contribution is 2.18. The number of rotatable bonds is 7. The first-order chi connectivity index (χ1) is 10.2. The SMILES string of the molecule is CCc1ccc(C(C)NCCc2ccccc2OC)cc1. The van der Waals surface area contributed by atoms with Crippen LogP contribution in [-0.4, -0.2) is 13.7 Å². The van der Waals surface area contributed by atoms with Crippen molar-refractivity contribution in [3.63, 3.8) is 0 Å². The molecule has 0 spiro atoms. The van der Waals surface area contributed by atoms with Gasteiger partial charge in [0.2, 0.25) is 0 Å². The lowest BCUT2D eigenvalue weighted by atomic mass is 10.0. The van der Waals surface area contributed by atoms with Crippen molar-refractivity contribution in [1.29, 1.82) is 0 Å². The fourth-order valence-electron chi connectivity index (χ4n) is 2.49. The zero-order chi connectivity index (χ0) is 15.1. The molecule has 2 rings (SSSR count). The molecule has 1 N–H and O–H groups in total. The van der Waals surface area contributed by atoms with Gasteiger partial charge in [0.25, 0.3) is 0 Å². The molecule has 0 heterocycles. The Hall–Kier alpha value is -1.80. The highest BCUT2D eigenvalue weighted by molar-refractivity contribution is 5.33. The quantitative estimate of drug-likeness (QED) is 0.824. The van der Waals surface area contributed by atoms with E-state index in [0.29, 0.717) is 6.04 Å². The molecule has 2 nitrogen and oxygen atoms in total. The monoisotopic (exact) mass is 283 g/mol. The molecule has 0 bridgehead atoms. The van der Waals surface area contributed by atoms with Crippen molar-refractivity contribution < 1.29 is 4.74 Å². The van der Waals surface area contributed by atoms with Crippen molar-refractivity contribution in [2.24, 2.45) is 0 Å². The van der Waals surface area contributed by atoms with E-state index in [0.717, 1.165) is 25.1 Å². The van der Waals surface area contributed by atoms with Crippen LogP contribution in [-0.2, 0) is 12.8 Å². The molecule has 0 aliphatic heterocycles. The lowest BCUT2D eigenvalue weighted by Crippen LogP contribution is -2.21. The molecule has 0 aliphatic carbocycles. The second-order valence-corrected chi connectivity index (χ2v) is 5.33. The van der Waals surface area contributed by atoms with Crippen molar-refractivity contribution in [3.05, 3.63) is 65.2 Å². The third-order valence-corrected chi connectivity index (χ3v) is 3.93. The molecule has 0 aromatic heterocycles. The number of aryl methyl sites for hydroxylation is 1. The number of hydrogen-bond acceptors (Lipinski definition) is 2. The van der Waals surface area contributed by atoms with E-state index in [1.807, 2.05) is 12.1 Å². The van der Waals surface area contributed by atoms with Crippen LogP contribution in [0.2, 0.25) is 0 Å². The summed E-state index contributed by atoms with van der Waals surface area (Å²) in [5.41, 5.74) is 3.98. The van der Waals surface area contributed by atoms with Crippen LogP contribution in [0.4, 0.5) is 0 Å². The summed E-state index contributed by atoms with van der Waals surface area (Å²) >= 11 is 0. The summed E-state index contributed by atoms with van der Waals surface area (Å²) in [7, 11) is 1.73. The predicted molar refractivity (Wildman–Crippen MR) is 88.9 cm³/mol. The van der Waals surface area contributed by atoms with Gasteiger partial charge in [0.1, 0.15) is 5.75 Å². The normalized spacial score (nSPS) is 12.1. The van der Waals surface area contributed by atoms with Crippen molar-refractivity contribution in [1.82, 2.24) is 5.32 Å². The molecule has 1 unspecified atom stereocenters. The molecule has 2 aromatic rings. The van der Waals surface area contributed by atoms with Crippen LogP contribution in [0, 0.1) is 0 Å². The number of ether oxygens (including phenoxy) is 1. The highest BCUT2D eigenvalue weighted by atomic mass is 16.5. The highest BCUT2D eigenvalue weighted by Gasteiger charge is 2.06. The minimum absolute atomic E-state index is 0.366. The van der Waals surface area contributed by atoms with Crippen molar-refractivity contribution >= 4 is 0 Å². The van der Waals surface area contributed by atoms with Crippen LogP contribution < -0.4 is 10.1 Å². The summed E-state index contributed by atoms with van der Waals surface area (Å²) in [5.74, 6) is 0.972. The summed E-state index contributed by atoms with van der Waals surface area (Å²) < 4.78 is 5.39. The maximum absolute atomic E-state index is 5.39. The van der Waals surface area contributed by atoms with E-state index >= 15 is 0 Å². The van der Waals surface area contributed by atoms with Gasteiger partial charge in [-0.25, -0.2) is 0 Å². The van der Waals surface area contributed by atoms with Crippen LogP contribution >= 0.6 is 0 Å². The Morgan fingerprint density at radius 1 is 1.05 bits per heavy atom. The molecule has 0 aliphatic rings. The van der Waals surface area contributed by atoms with Crippen LogP contribution in [0.3, 0.4) is 0 Å². The van der Waals surface area contributed by atoms with Crippen LogP contribution in [0.25, 0.3) is 0 Å². The van der Waals surface area contributed by atoms with Crippen molar-refractivity contribution in [3.8, 4) is 5.75 Å². The van der Waals surface area contributed by atoms with E-state index in [1.54, 1.807) is 7.11 Å². The summed E-state index contributed by atoms with van der Waals surface area (Å²) in [5, 5.41) is 3.58. The Kier molecular flexibility index (Phi) is 5.82. The molecular formula is C19H25NO. The topological polar surface area (TPSA) is 21.3 Å². The number of hydrogen-bond donors (Lipinski definition) is 1. The van der Waals surface area contributed by atoms with Crippen LogP contribution in [0.5, 0.6) is 5.75 Å². The molecule has 2 aromatic carbocycles. The number of nitrogens with one attached hydrogen (secondary N) is 1. The molecule has 21 heavy (non-hydrogen) atoms. The lowest BCUT2D eigenvalue weighted by molar-refractivity contribution is 0.408. The number of benzene rings is 2. The van der Waals surface area contributed by atoms with Crippen LogP contribution in [0.1, 0.15) is 36.6 Å². The largest absolute Gasteiger partial charge is 0.496 e. The zero-order valence-corrected chi connectivity index (χ0v) is 13.2. The summed E-state index contributed by atoms with van der Waals surface area (Å²) in [6.45, 7) is 5.34. The molecule has 0 fully saturated rings. The minimum Gasteiger partial charge on any atom is -0.496 e. The van der Waals surface area contributed by atoms with E-state index in [4.69, 9.17) is 4.74 Å². The fourth-order valence-corrected chi connectivity index (χ4v) is 2.49. The summed E-state index contributed by atoms with van der Waals surface area (Å²) in [4.78, 5) is 0. The van der Waals surface area contributed by atoms with E-state index < -0.39 is 0 Å². The smallest absolute Gasteiger partial charge is 0.122 e. The number of methoxy groups -OCH3 is 1. The maximum atomic E-state index is 5.39. The molecule has 0 radical (unpaired) electrons. The standard InChI is InChI=1S/C19H25NO/c1-4-16-9-11-17(12-10-16)15(2)20-14-13-18-7-5-6-8-19(18)21-3/h5-12,15,20H,4,13-14H2,1-3H3. The second kappa shape index (κ2) is 7.84. The van der Waals surface area contributed by atoms with Gasteiger partial charge in [-0.15, -0.1) is 0 Å². The van der Waals surface area contributed by atoms with E-state index in [1.165, 1.54) is 16.7 Å². The van der Waals surface area contributed by atoms with Gasteiger partial charge in [-0.1, -0.05) is 49.4 Å². The average molecular weight is 283 g/mol. The van der Waals surface area contributed by atoms with Gasteiger partial charge >= 0.3 is 0 Å². The summed E-state index contributed by atoms with van der Waals surface area (Å²) in [6, 6.07) is 17.5. The zero-order valence-electron chi connectivity index (χ0n) is 13.2. The van der Waals surface area contributed by atoms with E-state index in [2.05, 4.69) is 55.6 Å². The van der Waals surface area contributed by atoms with Crippen molar-refractivity contribution in [2.45, 2.75) is 32.7 Å². The lowest BCUT2D eigenvalue weighted by Gasteiger charge is -2.15. The number of para-hydroxylation sites is 1. The van der Waals surface area contributed by atoms with Gasteiger partial charge in [0.15, 0.2) is 0 Å². The summed E-state index contributed by atoms with van der Waals surface area (Å²) in [6.07, 6.45) is 2.07. The maximum Gasteiger partial charge on any atom is 0.122 e. The van der Waals surface area contributed by atoms with Gasteiger partial charge in [-0.3, -0.25) is 0 Å². The molecule has 112 valence electrons. The molecule has 1 atom stereocenters. The van der Waals surface area contributed by atoms with E-state index in [-0.39, 0.29) is 0 Å². The molecule has 0 saturated heterocycles. The van der Waals surface area contributed by atoms with Gasteiger partial charge in [-0.2, -0.15) is 0 Å². The van der Waals surface area contributed by atoms with Gasteiger partial charge < -0.3 is 10.1 Å². The molecule has 2 heteroatoms. The minimum atomic E-state index is 0.366. The van der Waals surface area contributed by atoms with Gasteiger partial charge in [0.05, 0.1) is 7.11 Å². The second-order valence-electron chi connectivity index (χ2n) is 5.33. The first-order valence-corrected chi connectivity index (χ1v) is 7.68. The van der Waals surface area contributed by atoms with E-state index in [9.17, 15) is 0 Å². The average Bonchev–Trinajstić information content (AvgIpc) is 2.55. The Morgan fingerprint density at radius 2 is 1.76 bits per heavy atom. The molecule has 0 saturated carbocycles. The predicted octanol–water partition coefficient (Wildman–Crippen LogP) is 4.15. The van der Waals surface area contributed by atoms with Gasteiger partial charge in [0, 0.05) is 6.04 Å². The van der Waals surface area contributed by atoms with Crippen LogP contribution in [0.15, 0.2) is 48.5 Å². The first-order valence-electron chi connectivity index (χ1n) is 7.68. The Morgan fingerprint density at radius 3 is 2.43 bits per heavy atom. The fraction of sp³-hybridized carbons (Fsp3) is 0.368. The first kappa shape index (κ1) is 15.6. The Labute approximate surface area is 128 Å². The molecular weight excluding hydrogens is 258 g/mol. The van der Waals surface area contributed by atoms with Gasteiger partial charge in [-0.05, 0) is 49.1 Å². The van der Waals surface area contributed by atoms with Crippen molar-refractivity contribution in [2.75, 3.05) is 13.7 Å². The third kappa shape index (κ3) is 4.33. The Balaban J connectivity index is 1.87. The third-order valence-electron chi connectivity index (χ3n) is 3.93. The molecule has 0 amide bonds. The Bertz CT molecular complexity index is 548.